The minimum Gasteiger partial charge on any atom is -0.361 e. The normalized spacial score (nSPS) is 12.4. The zero-order valence-electron chi connectivity index (χ0n) is 18.8. The van der Waals surface area contributed by atoms with Crippen molar-refractivity contribution in [2.24, 2.45) is 0 Å². The minimum absolute atomic E-state index is 0.136. The number of H-pyrrole nitrogens is 1. The summed E-state index contributed by atoms with van der Waals surface area (Å²) in [4.78, 5) is 39.5. The van der Waals surface area contributed by atoms with Gasteiger partial charge in [-0.3, -0.25) is 14.4 Å². The van der Waals surface area contributed by atoms with Gasteiger partial charge in [0.1, 0.15) is 6.04 Å². The van der Waals surface area contributed by atoms with Crippen molar-refractivity contribution in [2.75, 3.05) is 18.1 Å². The van der Waals surface area contributed by atoms with Crippen LogP contribution in [0.1, 0.15) is 24.0 Å². The molecule has 2 amide bonds. The summed E-state index contributed by atoms with van der Waals surface area (Å²) in [6.45, 7) is 0.367. The molecule has 3 N–H and O–H groups in total. The van der Waals surface area contributed by atoms with Gasteiger partial charge in [0.25, 0.3) is 0 Å². The molecular formula is C24H26F3N3O3S2. The lowest BCUT2D eigenvalue weighted by molar-refractivity contribution is -0.167. The Morgan fingerprint density at radius 3 is 2.69 bits per heavy atom. The quantitative estimate of drug-likeness (QED) is 0.291. The molecule has 11 heteroatoms. The van der Waals surface area contributed by atoms with Crippen LogP contribution in [0.3, 0.4) is 0 Å². The Hall–Kier alpha value is -2.79. The molecule has 0 radical (unpaired) electrons. The first-order valence-corrected chi connectivity index (χ1v) is 13.1. The van der Waals surface area contributed by atoms with Gasteiger partial charge in [0.15, 0.2) is 0 Å². The second-order valence-electron chi connectivity index (χ2n) is 7.94. The number of amides is 2. The molecule has 1 aromatic carbocycles. The zero-order valence-corrected chi connectivity index (χ0v) is 20.5. The van der Waals surface area contributed by atoms with Crippen LogP contribution >= 0.6 is 23.1 Å². The summed E-state index contributed by atoms with van der Waals surface area (Å²) >= 11 is 2.33. The van der Waals surface area contributed by atoms with E-state index in [2.05, 4.69) is 15.6 Å². The monoisotopic (exact) mass is 525 g/mol. The third kappa shape index (κ3) is 8.43. The molecule has 0 aliphatic heterocycles. The largest absolute Gasteiger partial charge is 0.450 e. The molecule has 0 saturated heterocycles. The van der Waals surface area contributed by atoms with Gasteiger partial charge in [0.05, 0.1) is 12.2 Å². The number of para-hydroxylation sites is 1. The number of carbonyl (C=O) groups is 3. The van der Waals surface area contributed by atoms with E-state index in [0.717, 1.165) is 33.8 Å². The van der Waals surface area contributed by atoms with Crippen molar-refractivity contribution in [3.8, 4) is 0 Å². The average Bonchev–Trinajstić information content (AvgIpc) is 3.47. The second-order valence-corrected chi connectivity index (χ2v) is 9.83. The van der Waals surface area contributed by atoms with E-state index >= 15 is 0 Å². The number of aromatic amines is 1. The number of fused-ring (bicyclic) bond motifs is 1. The van der Waals surface area contributed by atoms with Crippen molar-refractivity contribution < 1.29 is 27.6 Å². The van der Waals surface area contributed by atoms with Crippen molar-refractivity contribution in [1.29, 1.82) is 0 Å². The van der Waals surface area contributed by atoms with Gasteiger partial charge in [0, 0.05) is 23.6 Å². The number of thioether (sulfide) groups is 1. The standard InChI is InChI=1S/C24H26F3N3O3S2/c25-24(26,27)21(31)15-34-10-3-6-20(30-22(32)12-16-8-11-35-14-16)23(33)28-9-7-17-13-29-19-5-2-1-4-18(17)19/h1-2,4-5,8,11,13-14,20,29H,3,6-7,9-10,12,15H2,(H,28,33)(H,30,32)/t20-/m0/s1. The molecule has 0 fully saturated rings. The summed E-state index contributed by atoms with van der Waals surface area (Å²) in [7, 11) is 0. The number of nitrogens with one attached hydrogen (secondary N) is 3. The van der Waals surface area contributed by atoms with Gasteiger partial charge in [-0.25, -0.2) is 0 Å². The molecule has 6 nitrogen and oxygen atoms in total. The summed E-state index contributed by atoms with van der Waals surface area (Å²) in [5.74, 6) is -2.82. The Kier molecular flexibility index (Phi) is 9.79. The molecule has 2 aromatic heterocycles. The molecule has 0 unspecified atom stereocenters. The number of benzene rings is 1. The van der Waals surface area contributed by atoms with Gasteiger partial charge >= 0.3 is 6.18 Å². The van der Waals surface area contributed by atoms with Gasteiger partial charge in [-0.05, 0) is 59.0 Å². The number of ketones is 1. The lowest BCUT2D eigenvalue weighted by atomic mass is 10.1. The van der Waals surface area contributed by atoms with Crippen molar-refractivity contribution in [2.45, 2.75) is 37.9 Å². The van der Waals surface area contributed by atoms with Crippen LogP contribution in [-0.2, 0) is 27.2 Å². The first kappa shape index (κ1) is 26.8. The van der Waals surface area contributed by atoms with Crippen LogP contribution in [0.25, 0.3) is 10.9 Å². The van der Waals surface area contributed by atoms with Crippen molar-refractivity contribution in [1.82, 2.24) is 15.6 Å². The number of Topliss-reactive ketones (excluding diaryl/α,β-unsaturated/α-hetero) is 1. The van der Waals surface area contributed by atoms with Crippen LogP contribution in [0.15, 0.2) is 47.3 Å². The molecule has 0 aliphatic rings. The summed E-state index contributed by atoms with van der Waals surface area (Å²) in [5, 5.41) is 10.4. The molecule has 0 bridgehead atoms. The number of hydrogen-bond donors (Lipinski definition) is 3. The summed E-state index contributed by atoms with van der Waals surface area (Å²) in [5.41, 5.74) is 2.91. The fourth-order valence-corrected chi connectivity index (χ4v) is 5.04. The molecule has 35 heavy (non-hydrogen) atoms. The highest BCUT2D eigenvalue weighted by atomic mass is 32.2. The molecule has 3 aromatic rings. The zero-order chi connectivity index (χ0) is 25.3. The van der Waals surface area contributed by atoms with Crippen LogP contribution in [0.4, 0.5) is 13.2 Å². The molecule has 0 spiro atoms. The minimum atomic E-state index is -4.84. The first-order chi connectivity index (χ1) is 16.7. The second kappa shape index (κ2) is 12.8. The fourth-order valence-electron chi connectivity index (χ4n) is 3.51. The van der Waals surface area contributed by atoms with Gasteiger partial charge < -0.3 is 15.6 Å². The number of halogens is 3. The van der Waals surface area contributed by atoms with E-state index in [4.69, 9.17) is 0 Å². The summed E-state index contributed by atoms with van der Waals surface area (Å²) in [6.07, 6.45) is -1.58. The van der Waals surface area contributed by atoms with E-state index in [1.165, 1.54) is 11.3 Å². The Morgan fingerprint density at radius 1 is 1.14 bits per heavy atom. The predicted molar refractivity (Wildman–Crippen MR) is 133 cm³/mol. The molecule has 0 aliphatic carbocycles. The van der Waals surface area contributed by atoms with Gasteiger partial charge in [-0.1, -0.05) is 18.2 Å². The van der Waals surface area contributed by atoms with E-state index < -0.39 is 23.8 Å². The van der Waals surface area contributed by atoms with Crippen LogP contribution in [0.5, 0.6) is 0 Å². The Morgan fingerprint density at radius 2 is 1.94 bits per heavy atom. The number of alkyl halides is 3. The maximum absolute atomic E-state index is 12.8. The third-order valence-electron chi connectivity index (χ3n) is 5.30. The van der Waals surface area contributed by atoms with Crippen LogP contribution in [0.2, 0.25) is 0 Å². The molecule has 3 rings (SSSR count). The van der Waals surface area contributed by atoms with E-state index in [0.29, 0.717) is 19.4 Å². The first-order valence-electron chi connectivity index (χ1n) is 11.0. The highest BCUT2D eigenvalue weighted by molar-refractivity contribution is 7.99. The lowest BCUT2D eigenvalue weighted by Crippen LogP contribution is -2.47. The van der Waals surface area contributed by atoms with Crippen molar-refractivity contribution in [3.05, 3.63) is 58.4 Å². The number of carbonyl (C=O) groups excluding carboxylic acids is 3. The molecule has 188 valence electrons. The van der Waals surface area contributed by atoms with Gasteiger partial charge in [-0.15, -0.1) is 0 Å². The maximum atomic E-state index is 12.8. The SMILES string of the molecule is O=C(Cc1ccsc1)N[C@@H](CCCSCC(=O)C(F)(F)F)C(=O)NCCc1c[nH]c2ccccc12. The Labute approximate surface area is 209 Å². The highest BCUT2D eigenvalue weighted by Crippen LogP contribution is 2.20. The average molecular weight is 526 g/mol. The third-order valence-corrected chi connectivity index (χ3v) is 7.07. The smallest absolute Gasteiger partial charge is 0.361 e. The van der Waals surface area contributed by atoms with Crippen molar-refractivity contribution in [3.63, 3.8) is 0 Å². The van der Waals surface area contributed by atoms with Crippen LogP contribution in [0, 0.1) is 0 Å². The van der Waals surface area contributed by atoms with Crippen molar-refractivity contribution >= 4 is 51.6 Å². The lowest BCUT2D eigenvalue weighted by Gasteiger charge is -2.18. The van der Waals surface area contributed by atoms with Gasteiger partial charge in [-0.2, -0.15) is 36.3 Å². The molecular weight excluding hydrogens is 499 g/mol. The van der Waals surface area contributed by atoms with Gasteiger partial charge in [0.2, 0.25) is 17.6 Å². The van der Waals surface area contributed by atoms with Crippen LogP contribution < -0.4 is 10.6 Å². The Balaban J connectivity index is 1.51. The molecule has 1 atom stereocenters. The van der Waals surface area contributed by atoms with E-state index in [1.54, 1.807) is 0 Å². The summed E-state index contributed by atoms with van der Waals surface area (Å²) in [6, 6.07) is 8.86. The number of rotatable bonds is 13. The molecule has 2 heterocycles. The van der Waals surface area contributed by atoms with E-state index in [1.807, 2.05) is 47.3 Å². The predicted octanol–water partition coefficient (Wildman–Crippen LogP) is 4.26. The van der Waals surface area contributed by atoms with E-state index in [-0.39, 0.29) is 30.4 Å². The maximum Gasteiger partial charge on any atom is 0.450 e. The van der Waals surface area contributed by atoms with E-state index in [9.17, 15) is 27.6 Å². The topological polar surface area (TPSA) is 91.1 Å². The Bertz CT molecular complexity index is 1130. The molecule has 0 saturated carbocycles. The fraction of sp³-hybridized carbons (Fsp3) is 0.375. The number of hydrogen-bond acceptors (Lipinski definition) is 5. The number of aromatic nitrogens is 1. The summed E-state index contributed by atoms with van der Waals surface area (Å²) < 4.78 is 37.0. The highest BCUT2D eigenvalue weighted by Gasteiger charge is 2.37. The van der Waals surface area contributed by atoms with Crippen LogP contribution in [-0.4, -0.2) is 52.9 Å². The number of thiophene rings is 1.